The fraction of sp³-hybridized carbons (Fsp3) is 0.0833. The van der Waals surface area contributed by atoms with Gasteiger partial charge in [0.25, 0.3) is 0 Å². The van der Waals surface area contributed by atoms with Crippen molar-refractivity contribution in [3.05, 3.63) is 175 Å². The first-order valence-electron chi connectivity index (χ1n) is 17.5. The Bertz CT molecular complexity index is 2600. The molecule has 0 atom stereocenters. The minimum atomic E-state index is -0.0874. The largest absolute Gasteiger partial charge is 0.341 e. The number of hydrogen-bond acceptors (Lipinski definition) is 2. The van der Waals surface area contributed by atoms with Crippen molar-refractivity contribution in [3.63, 3.8) is 0 Å². The molecule has 2 aliphatic rings. The molecule has 2 heteroatoms. The quantitative estimate of drug-likeness (QED) is 0.177. The van der Waals surface area contributed by atoms with Gasteiger partial charge in [0, 0.05) is 23.2 Å². The molecule has 8 aromatic carbocycles. The molecule has 0 N–H and O–H groups in total. The second kappa shape index (κ2) is 10.7. The number of anilines is 5. The van der Waals surface area contributed by atoms with Crippen LogP contribution in [0.25, 0.3) is 54.9 Å². The lowest BCUT2D eigenvalue weighted by molar-refractivity contribution is 0.660. The van der Waals surface area contributed by atoms with Gasteiger partial charge in [-0.15, -0.1) is 0 Å². The number of para-hydroxylation sites is 4. The molecule has 0 saturated carbocycles. The Balaban J connectivity index is 1.38. The van der Waals surface area contributed by atoms with Gasteiger partial charge in [-0.1, -0.05) is 147 Å². The summed E-state index contributed by atoms with van der Waals surface area (Å²) in [7, 11) is 2.18. The molecule has 0 fully saturated rings. The predicted octanol–water partition coefficient (Wildman–Crippen LogP) is 13.2. The van der Waals surface area contributed by atoms with E-state index >= 15 is 0 Å². The van der Waals surface area contributed by atoms with Gasteiger partial charge in [-0.2, -0.15) is 0 Å². The molecule has 0 aromatic heterocycles. The molecule has 1 heterocycles. The smallest absolute Gasteiger partial charge is 0.0700 e. The van der Waals surface area contributed by atoms with Crippen LogP contribution in [0.3, 0.4) is 0 Å². The molecule has 1 aliphatic carbocycles. The second-order valence-corrected chi connectivity index (χ2v) is 14.2. The van der Waals surface area contributed by atoms with Gasteiger partial charge in [-0.3, -0.25) is 0 Å². The molecule has 2 nitrogen and oxygen atoms in total. The van der Waals surface area contributed by atoms with E-state index < -0.39 is 0 Å². The van der Waals surface area contributed by atoms with Crippen molar-refractivity contribution in [2.24, 2.45) is 0 Å². The molecule has 0 saturated heterocycles. The molecule has 238 valence electrons. The summed E-state index contributed by atoms with van der Waals surface area (Å²) >= 11 is 0. The zero-order valence-corrected chi connectivity index (χ0v) is 28.5. The Morgan fingerprint density at radius 2 is 0.960 bits per heavy atom. The maximum absolute atomic E-state index is 2.51. The van der Waals surface area contributed by atoms with E-state index in [0.29, 0.717) is 0 Å². The molecule has 8 aromatic rings. The van der Waals surface area contributed by atoms with Crippen LogP contribution < -0.4 is 9.80 Å². The van der Waals surface area contributed by atoms with Gasteiger partial charge in [0.05, 0.1) is 28.4 Å². The Morgan fingerprint density at radius 1 is 0.400 bits per heavy atom. The number of benzene rings is 8. The van der Waals surface area contributed by atoms with Crippen LogP contribution in [0.2, 0.25) is 0 Å². The molecule has 0 spiro atoms. The van der Waals surface area contributed by atoms with Crippen molar-refractivity contribution in [2.45, 2.75) is 19.3 Å². The summed E-state index contributed by atoms with van der Waals surface area (Å²) in [5.41, 5.74) is 16.3. The highest BCUT2D eigenvalue weighted by Gasteiger charge is 2.37. The summed E-state index contributed by atoms with van der Waals surface area (Å²) in [5, 5.41) is 4.98. The van der Waals surface area contributed by atoms with Crippen LogP contribution in [0.4, 0.5) is 28.4 Å². The highest BCUT2D eigenvalue weighted by Crippen LogP contribution is 2.58. The maximum Gasteiger partial charge on any atom is 0.0700 e. The van der Waals surface area contributed by atoms with E-state index in [4.69, 9.17) is 0 Å². The van der Waals surface area contributed by atoms with Gasteiger partial charge in [-0.25, -0.2) is 0 Å². The fourth-order valence-electron chi connectivity index (χ4n) is 8.83. The van der Waals surface area contributed by atoms with Crippen LogP contribution in [0.5, 0.6) is 0 Å². The fourth-order valence-corrected chi connectivity index (χ4v) is 8.83. The van der Waals surface area contributed by atoms with Crippen LogP contribution in [-0.4, -0.2) is 7.05 Å². The molecule has 0 bridgehead atoms. The van der Waals surface area contributed by atoms with Crippen LogP contribution >= 0.6 is 0 Å². The average Bonchev–Trinajstić information content (AvgIpc) is 3.41. The summed E-state index contributed by atoms with van der Waals surface area (Å²) in [6, 6.07) is 60.5. The highest BCUT2D eigenvalue weighted by atomic mass is 15.3. The van der Waals surface area contributed by atoms with Crippen LogP contribution in [-0.2, 0) is 5.41 Å². The van der Waals surface area contributed by atoms with E-state index in [-0.39, 0.29) is 5.41 Å². The van der Waals surface area contributed by atoms with E-state index in [0.717, 1.165) is 0 Å². The SMILES string of the molecule is CN1c2ccccc2N(c2c3ccccc3c(-c3cccc4c3-c3ccccc3C4(C)C)c3cc(-c4ccccc4)ccc23)c2ccccc21. The van der Waals surface area contributed by atoms with Crippen molar-refractivity contribution < 1.29 is 0 Å². The predicted molar refractivity (Wildman–Crippen MR) is 213 cm³/mol. The normalized spacial score (nSPS) is 14.0. The van der Waals surface area contributed by atoms with E-state index in [1.54, 1.807) is 0 Å². The molecule has 50 heavy (non-hydrogen) atoms. The van der Waals surface area contributed by atoms with Crippen molar-refractivity contribution >= 4 is 50.0 Å². The summed E-state index contributed by atoms with van der Waals surface area (Å²) in [4.78, 5) is 4.83. The molecule has 0 unspecified atom stereocenters. The van der Waals surface area contributed by atoms with Crippen LogP contribution in [0.1, 0.15) is 25.0 Å². The Labute approximate surface area is 293 Å². The minimum Gasteiger partial charge on any atom is -0.341 e. The third-order valence-electron chi connectivity index (χ3n) is 11.2. The van der Waals surface area contributed by atoms with Gasteiger partial charge in [0.15, 0.2) is 0 Å². The van der Waals surface area contributed by atoms with Crippen molar-refractivity contribution in [1.82, 2.24) is 0 Å². The van der Waals surface area contributed by atoms with Crippen LogP contribution in [0, 0.1) is 0 Å². The Kier molecular flexibility index (Phi) is 6.17. The first-order valence-corrected chi connectivity index (χ1v) is 17.5. The second-order valence-electron chi connectivity index (χ2n) is 14.2. The third-order valence-corrected chi connectivity index (χ3v) is 11.2. The number of nitrogens with zero attached hydrogens (tertiary/aromatic N) is 2. The molecule has 1 aliphatic heterocycles. The first kappa shape index (κ1) is 28.9. The summed E-state index contributed by atoms with van der Waals surface area (Å²) in [6.45, 7) is 4.74. The van der Waals surface area contributed by atoms with E-state index in [1.807, 2.05) is 0 Å². The first-order chi connectivity index (χ1) is 24.5. The summed E-state index contributed by atoms with van der Waals surface area (Å²) in [5.74, 6) is 0. The zero-order chi connectivity index (χ0) is 33.6. The van der Waals surface area contributed by atoms with E-state index in [9.17, 15) is 0 Å². The van der Waals surface area contributed by atoms with Gasteiger partial charge < -0.3 is 9.80 Å². The number of hydrogen-bond donors (Lipinski definition) is 0. The molecule has 0 radical (unpaired) electrons. The third kappa shape index (κ3) is 3.96. The zero-order valence-electron chi connectivity index (χ0n) is 28.5. The lowest BCUT2D eigenvalue weighted by Gasteiger charge is -2.39. The van der Waals surface area contributed by atoms with Gasteiger partial charge in [-0.05, 0) is 85.6 Å². The Hall–Kier alpha value is -6.12. The number of fused-ring (bicyclic) bond motifs is 7. The monoisotopic (exact) mass is 640 g/mol. The highest BCUT2D eigenvalue weighted by molar-refractivity contribution is 6.25. The van der Waals surface area contributed by atoms with Gasteiger partial charge in [0.1, 0.15) is 0 Å². The van der Waals surface area contributed by atoms with Crippen molar-refractivity contribution in [3.8, 4) is 33.4 Å². The lowest BCUT2D eigenvalue weighted by Crippen LogP contribution is -2.24. The van der Waals surface area contributed by atoms with E-state index in [1.165, 1.54) is 94.5 Å². The van der Waals surface area contributed by atoms with Gasteiger partial charge >= 0.3 is 0 Å². The standard InChI is InChI=1S/C48H36N2/c1-48(2)39-22-10-9-20-36(39)46-37(21-15-23-40(46)48)45-33-18-7-8-19-34(33)47(35-29-28-32(30-38(35)45)31-16-5-4-6-17-31)50-43-26-13-11-24-41(43)49(3)42-25-12-14-27-44(42)50/h4-30H,1-3H3. The maximum atomic E-state index is 2.51. The molecular weight excluding hydrogens is 605 g/mol. The van der Waals surface area contributed by atoms with Crippen molar-refractivity contribution in [2.75, 3.05) is 16.8 Å². The topological polar surface area (TPSA) is 6.48 Å². The Morgan fingerprint density at radius 3 is 1.70 bits per heavy atom. The van der Waals surface area contributed by atoms with E-state index in [2.05, 4.69) is 194 Å². The molecule has 0 amide bonds. The average molecular weight is 641 g/mol. The van der Waals surface area contributed by atoms with Crippen molar-refractivity contribution in [1.29, 1.82) is 0 Å². The van der Waals surface area contributed by atoms with Crippen LogP contribution in [0.15, 0.2) is 164 Å². The lowest BCUT2D eigenvalue weighted by atomic mass is 9.81. The summed E-state index contributed by atoms with van der Waals surface area (Å²) in [6.07, 6.45) is 0. The van der Waals surface area contributed by atoms with Gasteiger partial charge in [0.2, 0.25) is 0 Å². The molecule has 10 rings (SSSR count). The molecular formula is C48H36N2. The number of rotatable bonds is 3. The minimum absolute atomic E-state index is 0.0874. The summed E-state index contributed by atoms with van der Waals surface area (Å²) < 4.78 is 0.